The third-order valence-corrected chi connectivity index (χ3v) is 7.86. The van der Waals surface area contributed by atoms with E-state index in [0.29, 0.717) is 15.6 Å². The zero-order valence-corrected chi connectivity index (χ0v) is 21.1. The molecule has 1 saturated heterocycles. The second kappa shape index (κ2) is 10.4. The molecule has 2 N–H and O–H groups in total. The Morgan fingerprint density at radius 3 is 2.17 bits per heavy atom. The molecule has 1 fully saturated rings. The van der Waals surface area contributed by atoms with Gasteiger partial charge in [0.05, 0.1) is 15.7 Å². The molecule has 1 unspecified atom stereocenters. The summed E-state index contributed by atoms with van der Waals surface area (Å²) < 4.78 is 5.52. The number of amides is 1. The Kier molecular flexibility index (Phi) is 7.08. The van der Waals surface area contributed by atoms with Crippen molar-refractivity contribution in [3.05, 3.63) is 87.4 Å². The summed E-state index contributed by atoms with van der Waals surface area (Å²) in [5, 5.41) is 12.9. The molecule has 5 rings (SSSR count). The van der Waals surface area contributed by atoms with Crippen molar-refractivity contribution >= 4 is 41.0 Å². The average molecular weight is 525 g/mol. The highest BCUT2D eigenvalue weighted by atomic mass is 35.5. The van der Waals surface area contributed by atoms with Crippen molar-refractivity contribution in [1.29, 1.82) is 0 Å². The minimum Gasteiger partial charge on any atom is -0.480 e. The van der Waals surface area contributed by atoms with Crippen LogP contribution in [0.4, 0.5) is 10.5 Å². The summed E-state index contributed by atoms with van der Waals surface area (Å²) in [4.78, 5) is 26.8. The van der Waals surface area contributed by atoms with Gasteiger partial charge in [-0.3, -0.25) is 0 Å². The fourth-order valence-electron chi connectivity index (χ4n) is 5.14. The number of rotatable bonds is 7. The second-order valence-electron chi connectivity index (χ2n) is 9.13. The SMILES string of the molecule is O=C(NC(Cc1ccc(N2CCCC2)c(Cl)c1Cl)C(=O)O)OCC1c2ccccc2-c2ccccc21. The zero-order valence-electron chi connectivity index (χ0n) is 19.5. The molecule has 1 heterocycles. The standard InChI is InChI=1S/C28H26Cl2N2O4/c29-25-17(11-12-24(26(25)30)32-13-5-6-14-32)15-23(27(33)34)31-28(35)36-16-22-20-9-3-1-7-18(20)19-8-2-4-10-21(19)22/h1-4,7-12,22-23H,5-6,13-16H2,(H,31,35)(H,33,34). The van der Waals surface area contributed by atoms with E-state index in [9.17, 15) is 14.7 Å². The second-order valence-corrected chi connectivity index (χ2v) is 9.89. The lowest BCUT2D eigenvalue weighted by atomic mass is 9.98. The van der Waals surface area contributed by atoms with Crippen molar-refractivity contribution in [3.8, 4) is 11.1 Å². The van der Waals surface area contributed by atoms with Crippen LogP contribution in [0, 0.1) is 0 Å². The molecular formula is C28H26Cl2N2O4. The molecule has 1 atom stereocenters. The number of anilines is 1. The van der Waals surface area contributed by atoms with E-state index in [1.807, 2.05) is 42.5 Å². The van der Waals surface area contributed by atoms with Crippen LogP contribution >= 0.6 is 23.2 Å². The minimum absolute atomic E-state index is 0.0155. The number of nitrogens with zero attached hydrogens (tertiary/aromatic N) is 1. The molecule has 1 aliphatic carbocycles. The summed E-state index contributed by atoms with van der Waals surface area (Å²) in [6, 6.07) is 18.5. The number of ether oxygens (including phenoxy) is 1. The van der Waals surface area contributed by atoms with Gasteiger partial charge in [0.2, 0.25) is 0 Å². The van der Waals surface area contributed by atoms with Gasteiger partial charge >= 0.3 is 12.1 Å². The van der Waals surface area contributed by atoms with Gasteiger partial charge in [0.15, 0.2) is 0 Å². The van der Waals surface area contributed by atoms with Gasteiger partial charge < -0.3 is 20.1 Å². The van der Waals surface area contributed by atoms with Crippen LogP contribution in [0.1, 0.15) is 35.4 Å². The van der Waals surface area contributed by atoms with Crippen molar-refractivity contribution in [3.63, 3.8) is 0 Å². The van der Waals surface area contributed by atoms with Gasteiger partial charge in [-0.25, -0.2) is 9.59 Å². The van der Waals surface area contributed by atoms with Crippen LogP contribution in [0.2, 0.25) is 10.0 Å². The van der Waals surface area contributed by atoms with Gasteiger partial charge in [0, 0.05) is 25.4 Å². The predicted molar refractivity (Wildman–Crippen MR) is 141 cm³/mol. The van der Waals surface area contributed by atoms with Crippen LogP contribution in [0.25, 0.3) is 11.1 Å². The molecule has 0 aromatic heterocycles. The molecule has 186 valence electrons. The molecule has 0 spiro atoms. The highest BCUT2D eigenvalue weighted by molar-refractivity contribution is 6.44. The monoisotopic (exact) mass is 524 g/mol. The smallest absolute Gasteiger partial charge is 0.407 e. The summed E-state index contributed by atoms with van der Waals surface area (Å²) in [6.45, 7) is 1.93. The number of alkyl carbamates (subject to hydrolysis) is 1. The molecule has 3 aromatic rings. The number of carbonyl (C=O) groups excluding carboxylic acids is 1. The summed E-state index contributed by atoms with van der Waals surface area (Å²) >= 11 is 13.0. The number of benzene rings is 3. The topological polar surface area (TPSA) is 78.9 Å². The Morgan fingerprint density at radius 2 is 1.56 bits per heavy atom. The van der Waals surface area contributed by atoms with E-state index in [1.54, 1.807) is 6.07 Å². The molecule has 0 radical (unpaired) electrons. The summed E-state index contributed by atoms with van der Waals surface area (Å²) in [5.41, 5.74) is 5.81. The Morgan fingerprint density at radius 1 is 0.944 bits per heavy atom. The first-order chi connectivity index (χ1) is 17.4. The molecule has 0 saturated carbocycles. The van der Waals surface area contributed by atoms with Crippen molar-refractivity contribution in [2.24, 2.45) is 0 Å². The summed E-state index contributed by atoms with van der Waals surface area (Å²) in [6.07, 6.45) is 1.39. The number of carboxylic acids is 1. The first-order valence-electron chi connectivity index (χ1n) is 12.0. The number of carbonyl (C=O) groups is 2. The summed E-state index contributed by atoms with van der Waals surface area (Å²) in [5.74, 6) is -1.29. The van der Waals surface area contributed by atoms with Crippen LogP contribution in [0.5, 0.6) is 0 Å². The maximum Gasteiger partial charge on any atom is 0.407 e. The fraction of sp³-hybridized carbons (Fsp3) is 0.286. The largest absolute Gasteiger partial charge is 0.480 e. The van der Waals surface area contributed by atoms with Gasteiger partial charge in [-0.2, -0.15) is 0 Å². The van der Waals surface area contributed by atoms with Crippen molar-refractivity contribution in [2.75, 3.05) is 24.6 Å². The van der Waals surface area contributed by atoms with Gasteiger partial charge in [-0.1, -0.05) is 77.8 Å². The van der Waals surface area contributed by atoms with Crippen LogP contribution in [-0.4, -0.2) is 42.9 Å². The number of aliphatic carboxylic acids is 1. The Balaban J connectivity index is 1.26. The van der Waals surface area contributed by atoms with E-state index >= 15 is 0 Å². The lowest BCUT2D eigenvalue weighted by Gasteiger charge is -2.22. The van der Waals surface area contributed by atoms with E-state index in [4.69, 9.17) is 27.9 Å². The number of hydrogen-bond acceptors (Lipinski definition) is 4. The number of carboxylic acid groups (broad SMARTS) is 1. The molecule has 2 aliphatic rings. The van der Waals surface area contributed by atoms with Crippen LogP contribution in [-0.2, 0) is 16.0 Å². The number of hydrogen-bond donors (Lipinski definition) is 2. The van der Waals surface area contributed by atoms with Crippen molar-refractivity contribution < 1.29 is 19.4 Å². The maximum absolute atomic E-state index is 12.6. The van der Waals surface area contributed by atoms with E-state index in [-0.39, 0.29) is 18.9 Å². The molecule has 0 bridgehead atoms. The van der Waals surface area contributed by atoms with Crippen LogP contribution < -0.4 is 10.2 Å². The van der Waals surface area contributed by atoms with Crippen LogP contribution in [0.3, 0.4) is 0 Å². The molecule has 8 heteroatoms. The molecule has 1 amide bonds. The lowest BCUT2D eigenvalue weighted by molar-refractivity contribution is -0.139. The third kappa shape index (κ3) is 4.75. The number of nitrogens with one attached hydrogen (secondary N) is 1. The number of halogens is 2. The highest BCUT2D eigenvalue weighted by Gasteiger charge is 2.30. The Bertz CT molecular complexity index is 1260. The molecule has 6 nitrogen and oxygen atoms in total. The average Bonchev–Trinajstić information content (AvgIpc) is 3.52. The van der Waals surface area contributed by atoms with Gasteiger partial charge in [-0.15, -0.1) is 0 Å². The molecule has 36 heavy (non-hydrogen) atoms. The normalized spacial score (nSPS) is 15.3. The number of fused-ring (bicyclic) bond motifs is 3. The Hall–Kier alpha value is -3.22. The molecule has 3 aromatic carbocycles. The van der Waals surface area contributed by atoms with E-state index < -0.39 is 18.1 Å². The molecule has 1 aliphatic heterocycles. The first kappa shape index (κ1) is 24.5. The predicted octanol–water partition coefficient (Wildman–Crippen LogP) is 6.13. The van der Waals surface area contributed by atoms with E-state index in [1.165, 1.54) is 0 Å². The molecular weight excluding hydrogens is 499 g/mol. The zero-order chi connectivity index (χ0) is 25.2. The van der Waals surface area contributed by atoms with Gasteiger partial charge in [-0.05, 0) is 46.7 Å². The third-order valence-electron chi connectivity index (χ3n) is 6.95. The van der Waals surface area contributed by atoms with Gasteiger partial charge in [0.1, 0.15) is 12.6 Å². The quantitative estimate of drug-likeness (QED) is 0.388. The van der Waals surface area contributed by atoms with Crippen LogP contribution in [0.15, 0.2) is 60.7 Å². The fourth-order valence-corrected chi connectivity index (χ4v) is 5.68. The van der Waals surface area contributed by atoms with Crippen molar-refractivity contribution in [1.82, 2.24) is 5.32 Å². The highest BCUT2D eigenvalue weighted by Crippen LogP contribution is 2.44. The maximum atomic E-state index is 12.6. The van der Waals surface area contributed by atoms with Gasteiger partial charge in [0.25, 0.3) is 0 Å². The first-order valence-corrected chi connectivity index (χ1v) is 12.8. The van der Waals surface area contributed by atoms with E-state index in [0.717, 1.165) is 53.9 Å². The Labute approximate surface area is 219 Å². The minimum atomic E-state index is -1.22. The van der Waals surface area contributed by atoms with Crippen molar-refractivity contribution in [2.45, 2.75) is 31.2 Å². The van der Waals surface area contributed by atoms with E-state index in [2.05, 4.69) is 22.3 Å². The summed E-state index contributed by atoms with van der Waals surface area (Å²) in [7, 11) is 0. The lowest BCUT2D eigenvalue weighted by Crippen LogP contribution is -2.43.